The Kier molecular flexibility index (Phi) is 5.40. The van der Waals surface area contributed by atoms with Gasteiger partial charge in [0.25, 0.3) is 0 Å². The van der Waals surface area contributed by atoms with Gasteiger partial charge < -0.3 is 15.5 Å². The number of carbonyl (C=O) groups is 2. The van der Waals surface area contributed by atoms with Gasteiger partial charge in [-0.3, -0.25) is 9.59 Å². The normalized spacial score (nSPS) is 24.8. The first-order chi connectivity index (χ1) is 9.58. The minimum Gasteiger partial charge on any atom is -0.352 e. The van der Waals surface area contributed by atoms with E-state index in [1.165, 1.54) is 0 Å². The summed E-state index contributed by atoms with van der Waals surface area (Å²) in [7, 11) is 0. The maximum Gasteiger partial charge on any atom is 0.225 e. The molecule has 2 N–H and O–H groups in total. The van der Waals surface area contributed by atoms with Crippen LogP contribution in [0.2, 0.25) is 0 Å². The predicted molar refractivity (Wildman–Crippen MR) is 78.2 cm³/mol. The Bertz CT molecular complexity index is 343. The lowest BCUT2D eigenvalue weighted by molar-refractivity contribution is -0.138. The second-order valence-electron chi connectivity index (χ2n) is 6.31. The van der Waals surface area contributed by atoms with Crippen molar-refractivity contribution in [2.45, 2.75) is 45.6 Å². The highest BCUT2D eigenvalue weighted by Crippen LogP contribution is 2.19. The Hall–Kier alpha value is -1.10. The van der Waals surface area contributed by atoms with Crippen molar-refractivity contribution in [3.63, 3.8) is 0 Å². The molecule has 0 saturated carbocycles. The largest absolute Gasteiger partial charge is 0.352 e. The Morgan fingerprint density at radius 3 is 2.45 bits per heavy atom. The highest BCUT2D eigenvalue weighted by atomic mass is 16.2. The number of nitrogens with one attached hydrogen (secondary N) is 2. The molecule has 0 unspecified atom stereocenters. The van der Waals surface area contributed by atoms with Crippen molar-refractivity contribution in [1.29, 1.82) is 0 Å². The van der Waals surface area contributed by atoms with Crippen molar-refractivity contribution in [1.82, 2.24) is 15.5 Å². The van der Waals surface area contributed by atoms with Crippen LogP contribution < -0.4 is 10.6 Å². The predicted octanol–water partition coefficient (Wildman–Crippen LogP) is 0.749. The average Bonchev–Trinajstić information content (AvgIpc) is 2.47. The molecule has 2 saturated heterocycles. The molecule has 20 heavy (non-hydrogen) atoms. The van der Waals surface area contributed by atoms with E-state index in [9.17, 15) is 9.59 Å². The summed E-state index contributed by atoms with van der Waals surface area (Å²) in [5, 5.41) is 6.46. The zero-order valence-corrected chi connectivity index (χ0v) is 12.7. The van der Waals surface area contributed by atoms with Crippen LogP contribution in [0.3, 0.4) is 0 Å². The fraction of sp³-hybridized carbons (Fsp3) is 0.867. The van der Waals surface area contributed by atoms with Crippen LogP contribution in [0.1, 0.15) is 39.5 Å². The van der Waals surface area contributed by atoms with E-state index < -0.39 is 0 Å². The van der Waals surface area contributed by atoms with Crippen molar-refractivity contribution >= 4 is 11.8 Å². The van der Waals surface area contributed by atoms with Gasteiger partial charge in [0.05, 0.1) is 0 Å². The minimum atomic E-state index is 0.0497. The molecule has 2 aliphatic rings. The number of piperidine rings is 2. The Morgan fingerprint density at radius 1 is 1.20 bits per heavy atom. The molecule has 1 atom stereocenters. The first-order valence-corrected chi connectivity index (χ1v) is 7.88. The summed E-state index contributed by atoms with van der Waals surface area (Å²) in [5.41, 5.74) is 0. The number of likely N-dealkylation sites (tertiary alicyclic amines) is 1. The first kappa shape index (κ1) is 15.3. The van der Waals surface area contributed by atoms with E-state index in [1.807, 2.05) is 18.7 Å². The third-order valence-corrected chi connectivity index (χ3v) is 4.31. The quantitative estimate of drug-likeness (QED) is 0.802. The molecule has 2 rings (SSSR count). The number of nitrogens with zero attached hydrogens (tertiary/aromatic N) is 1. The molecule has 0 spiro atoms. The van der Waals surface area contributed by atoms with Gasteiger partial charge in [0, 0.05) is 37.5 Å². The van der Waals surface area contributed by atoms with Gasteiger partial charge in [0.2, 0.25) is 11.8 Å². The molecule has 2 aliphatic heterocycles. The summed E-state index contributed by atoms with van der Waals surface area (Å²) >= 11 is 0. The molecule has 0 bridgehead atoms. The third-order valence-electron chi connectivity index (χ3n) is 4.31. The van der Waals surface area contributed by atoms with E-state index >= 15 is 0 Å². The zero-order chi connectivity index (χ0) is 14.5. The SMILES string of the molecule is CC(C)C(=O)N1CCC(C(=O)N[C@H]2CCCNC2)CC1. The van der Waals surface area contributed by atoms with Crippen molar-refractivity contribution in [3.05, 3.63) is 0 Å². The average molecular weight is 281 g/mol. The van der Waals surface area contributed by atoms with Crippen LogP contribution in [0, 0.1) is 11.8 Å². The summed E-state index contributed by atoms with van der Waals surface area (Å²) in [6.07, 6.45) is 3.80. The lowest BCUT2D eigenvalue weighted by atomic mass is 9.94. The maximum absolute atomic E-state index is 12.2. The Labute approximate surface area is 121 Å². The van der Waals surface area contributed by atoms with Crippen LogP contribution >= 0.6 is 0 Å². The summed E-state index contributed by atoms with van der Waals surface area (Å²) in [5.74, 6) is 0.512. The monoisotopic (exact) mass is 281 g/mol. The van der Waals surface area contributed by atoms with E-state index in [0.717, 1.165) is 51.9 Å². The highest BCUT2D eigenvalue weighted by Gasteiger charge is 2.29. The number of hydrogen-bond donors (Lipinski definition) is 2. The lowest BCUT2D eigenvalue weighted by Crippen LogP contribution is -2.50. The van der Waals surface area contributed by atoms with Gasteiger partial charge in [-0.15, -0.1) is 0 Å². The molecular formula is C15H27N3O2. The number of amides is 2. The molecule has 0 aromatic rings. The second-order valence-corrected chi connectivity index (χ2v) is 6.31. The first-order valence-electron chi connectivity index (χ1n) is 7.88. The van der Waals surface area contributed by atoms with Crippen LogP contribution in [0.4, 0.5) is 0 Å². The summed E-state index contributed by atoms with van der Waals surface area (Å²) in [6.45, 7) is 7.24. The Morgan fingerprint density at radius 2 is 1.90 bits per heavy atom. The van der Waals surface area contributed by atoms with E-state index in [0.29, 0.717) is 0 Å². The number of carbonyl (C=O) groups excluding carboxylic acids is 2. The number of rotatable bonds is 3. The molecule has 2 heterocycles. The van der Waals surface area contributed by atoms with Crippen molar-refractivity contribution in [3.8, 4) is 0 Å². The van der Waals surface area contributed by atoms with E-state index in [2.05, 4.69) is 10.6 Å². The van der Waals surface area contributed by atoms with Crippen LogP contribution in [-0.4, -0.2) is 48.9 Å². The van der Waals surface area contributed by atoms with Crippen LogP contribution in [0.25, 0.3) is 0 Å². The maximum atomic E-state index is 12.2. The number of hydrogen-bond acceptors (Lipinski definition) is 3. The highest BCUT2D eigenvalue weighted by molar-refractivity contribution is 5.81. The molecule has 5 nitrogen and oxygen atoms in total. The van der Waals surface area contributed by atoms with Gasteiger partial charge in [-0.2, -0.15) is 0 Å². The zero-order valence-electron chi connectivity index (χ0n) is 12.7. The van der Waals surface area contributed by atoms with E-state index in [4.69, 9.17) is 0 Å². The van der Waals surface area contributed by atoms with Crippen LogP contribution in [-0.2, 0) is 9.59 Å². The lowest BCUT2D eigenvalue weighted by Gasteiger charge is -2.33. The van der Waals surface area contributed by atoms with Crippen molar-refractivity contribution in [2.75, 3.05) is 26.2 Å². The van der Waals surface area contributed by atoms with Gasteiger partial charge in [0.1, 0.15) is 0 Å². The molecule has 2 fully saturated rings. The molecule has 0 aliphatic carbocycles. The summed E-state index contributed by atoms with van der Waals surface area (Å²) in [4.78, 5) is 26.0. The fourth-order valence-electron chi connectivity index (χ4n) is 3.02. The summed E-state index contributed by atoms with van der Waals surface area (Å²) in [6, 6.07) is 0.284. The second kappa shape index (κ2) is 7.07. The molecular weight excluding hydrogens is 254 g/mol. The molecule has 114 valence electrons. The van der Waals surface area contributed by atoms with Gasteiger partial charge in [-0.05, 0) is 32.2 Å². The van der Waals surface area contributed by atoms with E-state index in [1.54, 1.807) is 0 Å². The topological polar surface area (TPSA) is 61.4 Å². The van der Waals surface area contributed by atoms with E-state index in [-0.39, 0.29) is 29.7 Å². The standard InChI is InChI=1S/C15H27N3O2/c1-11(2)15(20)18-8-5-12(6-9-18)14(19)17-13-4-3-7-16-10-13/h11-13,16H,3-10H2,1-2H3,(H,17,19)/t13-/m0/s1. The minimum absolute atomic E-state index is 0.0497. The smallest absolute Gasteiger partial charge is 0.225 e. The third kappa shape index (κ3) is 3.95. The van der Waals surface area contributed by atoms with Gasteiger partial charge in [-0.25, -0.2) is 0 Å². The van der Waals surface area contributed by atoms with Gasteiger partial charge >= 0.3 is 0 Å². The van der Waals surface area contributed by atoms with Crippen LogP contribution in [0.15, 0.2) is 0 Å². The van der Waals surface area contributed by atoms with Crippen molar-refractivity contribution in [2.24, 2.45) is 11.8 Å². The van der Waals surface area contributed by atoms with Gasteiger partial charge in [-0.1, -0.05) is 13.8 Å². The van der Waals surface area contributed by atoms with Gasteiger partial charge in [0.15, 0.2) is 0 Å². The molecule has 0 aromatic heterocycles. The molecule has 2 amide bonds. The summed E-state index contributed by atoms with van der Waals surface area (Å²) < 4.78 is 0. The molecule has 0 radical (unpaired) electrons. The van der Waals surface area contributed by atoms with Crippen LogP contribution in [0.5, 0.6) is 0 Å². The Balaban J connectivity index is 1.75. The van der Waals surface area contributed by atoms with Crippen molar-refractivity contribution < 1.29 is 9.59 Å². The molecule has 0 aromatic carbocycles. The molecule has 5 heteroatoms. The fourth-order valence-corrected chi connectivity index (χ4v) is 3.02.